The van der Waals surface area contributed by atoms with E-state index in [9.17, 15) is 5.11 Å². The number of hydrogen-bond donors (Lipinski definition) is 1. The Morgan fingerprint density at radius 1 is 1.12 bits per heavy atom. The van der Waals surface area contributed by atoms with Crippen LogP contribution in [-0.4, -0.2) is 27.4 Å². The topological polar surface area (TPSA) is 47.3 Å². The number of rotatable bonds is 6. The molecule has 0 amide bonds. The van der Waals surface area contributed by atoms with Crippen LogP contribution >= 0.6 is 0 Å². The van der Waals surface area contributed by atoms with Gasteiger partial charge in [-0.1, -0.05) is 30.3 Å². The molecule has 2 aromatic carbocycles. The van der Waals surface area contributed by atoms with E-state index in [4.69, 9.17) is 9.72 Å². The van der Waals surface area contributed by atoms with Crippen LogP contribution in [0.2, 0.25) is 0 Å². The van der Waals surface area contributed by atoms with Crippen LogP contribution < -0.4 is 4.74 Å². The summed E-state index contributed by atoms with van der Waals surface area (Å²) < 4.78 is 8.09. The first-order valence-corrected chi connectivity index (χ1v) is 8.95. The Morgan fingerprint density at radius 3 is 2.56 bits per heavy atom. The minimum Gasteiger partial charge on any atom is -0.490 e. The van der Waals surface area contributed by atoms with E-state index in [1.165, 1.54) is 12.8 Å². The van der Waals surface area contributed by atoms with Crippen molar-refractivity contribution in [2.75, 3.05) is 6.61 Å². The molecule has 0 saturated heterocycles. The number of para-hydroxylation sites is 3. The molecular weight excluding hydrogens is 312 g/mol. The lowest BCUT2D eigenvalue weighted by molar-refractivity contribution is 0.0920. The van der Waals surface area contributed by atoms with Gasteiger partial charge in [-0.3, -0.25) is 0 Å². The molecule has 1 aromatic heterocycles. The van der Waals surface area contributed by atoms with E-state index in [2.05, 4.69) is 10.6 Å². The Labute approximate surface area is 148 Å². The Morgan fingerprint density at radius 2 is 1.84 bits per heavy atom. The highest BCUT2D eigenvalue weighted by Gasteiger charge is 2.30. The molecule has 0 aliphatic heterocycles. The van der Waals surface area contributed by atoms with Crippen molar-refractivity contribution in [2.24, 2.45) is 0 Å². The monoisotopic (exact) mass is 336 g/mol. The molecule has 1 fully saturated rings. The van der Waals surface area contributed by atoms with E-state index in [0.717, 1.165) is 33.7 Å². The molecule has 4 nitrogen and oxygen atoms in total. The largest absolute Gasteiger partial charge is 0.490 e. The molecule has 1 N–H and O–H groups in total. The maximum absolute atomic E-state index is 10.6. The van der Waals surface area contributed by atoms with Crippen LogP contribution in [0.25, 0.3) is 11.0 Å². The van der Waals surface area contributed by atoms with Crippen LogP contribution in [0.5, 0.6) is 5.75 Å². The number of imidazole rings is 1. The number of benzene rings is 2. The lowest BCUT2D eigenvalue weighted by Crippen LogP contribution is -2.25. The highest BCUT2D eigenvalue weighted by atomic mass is 16.5. The summed E-state index contributed by atoms with van der Waals surface area (Å²) in [4.78, 5) is 4.79. The van der Waals surface area contributed by atoms with Gasteiger partial charge in [0.2, 0.25) is 0 Å². The second-order valence-corrected chi connectivity index (χ2v) is 7.03. The van der Waals surface area contributed by atoms with Crippen molar-refractivity contribution in [2.45, 2.75) is 45.3 Å². The predicted molar refractivity (Wildman–Crippen MR) is 99.1 cm³/mol. The van der Waals surface area contributed by atoms with Gasteiger partial charge < -0.3 is 14.4 Å². The number of hydrogen-bond acceptors (Lipinski definition) is 3. The molecule has 1 heterocycles. The summed E-state index contributed by atoms with van der Waals surface area (Å²) in [6.07, 6.45) is 1.81. The zero-order valence-corrected chi connectivity index (χ0v) is 14.8. The van der Waals surface area contributed by atoms with E-state index in [-0.39, 0.29) is 6.61 Å². The van der Waals surface area contributed by atoms with Crippen molar-refractivity contribution >= 4 is 11.0 Å². The fraction of sp³-hybridized carbons (Fsp3) is 0.381. The normalized spacial score (nSPS) is 15.5. The van der Waals surface area contributed by atoms with Crippen LogP contribution in [0.4, 0.5) is 0 Å². The summed E-state index contributed by atoms with van der Waals surface area (Å²) in [6.45, 7) is 4.85. The van der Waals surface area contributed by atoms with Gasteiger partial charge in [0.05, 0.1) is 17.6 Å². The smallest absolute Gasteiger partial charge is 0.125 e. The molecular formula is C21H24N2O2. The third-order valence-corrected chi connectivity index (χ3v) is 4.85. The van der Waals surface area contributed by atoms with Crippen LogP contribution in [0.3, 0.4) is 0 Å². The van der Waals surface area contributed by atoms with Crippen molar-refractivity contribution < 1.29 is 9.84 Å². The second-order valence-electron chi connectivity index (χ2n) is 7.03. The summed E-state index contributed by atoms with van der Waals surface area (Å²) in [5.74, 6) is 2.52. The first-order valence-electron chi connectivity index (χ1n) is 8.95. The van der Waals surface area contributed by atoms with Crippen molar-refractivity contribution in [3.05, 3.63) is 59.4 Å². The quantitative estimate of drug-likeness (QED) is 0.741. The summed E-state index contributed by atoms with van der Waals surface area (Å²) in [5, 5.41) is 10.6. The van der Waals surface area contributed by atoms with E-state index in [1.807, 2.05) is 50.2 Å². The van der Waals surface area contributed by atoms with Crippen molar-refractivity contribution in [1.82, 2.24) is 9.55 Å². The standard InChI is InChI=1S/C21H24N2O2/c1-14-6-5-7-15(2)20(14)25-13-17(24)12-23-19-9-4-3-8-18(19)22-21(23)16-10-11-16/h3-9,16-17,24H,10-13H2,1-2H3. The third kappa shape index (κ3) is 3.27. The highest BCUT2D eigenvalue weighted by Crippen LogP contribution is 2.40. The SMILES string of the molecule is Cc1cccc(C)c1OCC(O)Cn1c(C2CC2)nc2ccccc21. The summed E-state index contributed by atoms with van der Waals surface area (Å²) in [7, 11) is 0. The van der Waals surface area contributed by atoms with Crippen LogP contribution in [0, 0.1) is 13.8 Å². The van der Waals surface area contributed by atoms with Gasteiger partial charge in [-0.15, -0.1) is 0 Å². The molecule has 0 bridgehead atoms. The van der Waals surface area contributed by atoms with Gasteiger partial charge in [0.25, 0.3) is 0 Å². The van der Waals surface area contributed by atoms with E-state index >= 15 is 0 Å². The number of aliphatic hydroxyl groups is 1. The first kappa shape index (κ1) is 16.2. The Bertz CT molecular complexity index is 876. The zero-order valence-electron chi connectivity index (χ0n) is 14.8. The fourth-order valence-corrected chi connectivity index (χ4v) is 3.41. The molecule has 0 radical (unpaired) electrons. The van der Waals surface area contributed by atoms with Gasteiger partial charge in [0.1, 0.15) is 24.3 Å². The van der Waals surface area contributed by atoms with E-state index in [0.29, 0.717) is 12.5 Å². The Kier molecular flexibility index (Phi) is 4.22. The first-order chi connectivity index (χ1) is 12.1. The second kappa shape index (κ2) is 6.52. The summed E-state index contributed by atoms with van der Waals surface area (Å²) in [5.41, 5.74) is 4.29. The van der Waals surface area contributed by atoms with Crippen LogP contribution in [0.1, 0.15) is 35.7 Å². The van der Waals surface area contributed by atoms with Gasteiger partial charge >= 0.3 is 0 Å². The number of nitrogens with zero attached hydrogens (tertiary/aromatic N) is 2. The molecule has 1 unspecified atom stereocenters. The third-order valence-electron chi connectivity index (χ3n) is 4.85. The number of ether oxygens (including phenoxy) is 1. The number of fused-ring (bicyclic) bond motifs is 1. The number of aliphatic hydroxyl groups excluding tert-OH is 1. The molecule has 0 spiro atoms. The zero-order chi connectivity index (χ0) is 17.4. The van der Waals surface area contributed by atoms with Crippen molar-refractivity contribution in [3.8, 4) is 5.75 Å². The predicted octanol–water partition coefficient (Wildman–Crippen LogP) is 3.97. The molecule has 4 rings (SSSR count). The maximum atomic E-state index is 10.6. The van der Waals surface area contributed by atoms with E-state index < -0.39 is 6.10 Å². The average molecular weight is 336 g/mol. The van der Waals surface area contributed by atoms with Crippen molar-refractivity contribution in [1.29, 1.82) is 0 Å². The van der Waals surface area contributed by atoms with Crippen LogP contribution in [0.15, 0.2) is 42.5 Å². The molecule has 1 saturated carbocycles. The van der Waals surface area contributed by atoms with Crippen molar-refractivity contribution in [3.63, 3.8) is 0 Å². The van der Waals surface area contributed by atoms with Crippen LogP contribution in [-0.2, 0) is 6.54 Å². The lowest BCUT2D eigenvalue weighted by atomic mass is 10.1. The Balaban J connectivity index is 1.52. The van der Waals surface area contributed by atoms with Gasteiger partial charge in [0.15, 0.2) is 0 Å². The maximum Gasteiger partial charge on any atom is 0.125 e. The minimum atomic E-state index is -0.575. The lowest BCUT2D eigenvalue weighted by Gasteiger charge is -2.17. The molecule has 4 heteroatoms. The fourth-order valence-electron chi connectivity index (χ4n) is 3.41. The Hall–Kier alpha value is -2.33. The van der Waals surface area contributed by atoms with Gasteiger partial charge in [0, 0.05) is 5.92 Å². The summed E-state index contributed by atoms with van der Waals surface area (Å²) >= 11 is 0. The van der Waals surface area contributed by atoms with E-state index in [1.54, 1.807) is 0 Å². The number of aryl methyl sites for hydroxylation is 2. The molecule has 1 aliphatic carbocycles. The van der Waals surface area contributed by atoms with Gasteiger partial charge in [-0.25, -0.2) is 4.98 Å². The van der Waals surface area contributed by atoms with Gasteiger partial charge in [-0.2, -0.15) is 0 Å². The molecule has 3 aromatic rings. The molecule has 1 aliphatic rings. The summed E-state index contributed by atoms with van der Waals surface area (Å²) in [6, 6.07) is 14.2. The average Bonchev–Trinajstić information content (AvgIpc) is 3.38. The van der Waals surface area contributed by atoms with Gasteiger partial charge in [-0.05, 0) is 49.9 Å². The highest BCUT2D eigenvalue weighted by molar-refractivity contribution is 5.76. The molecule has 130 valence electrons. The molecule has 1 atom stereocenters. The molecule has 25 heavy (non-hydrogen) atoms. The minimum absolute atomic E-state index is 0.280. The number of aromatic nitrogens is 2.